The number of benzene rings is 1. The average Bonchev–Trinajstić information content (AvgIpc) is 2.87. The molecule has 2 atom stereocenters. The van der Waals surface area contributed by atoms with Crippen LogP contribution >= 0.6 is 0 Å². The van der Waals surface area contributed by atoms with Crippen molar-refractivity contribution >= 4 is 5.97 Å². The molecule has 0 spiro atoms. The van der Waals surface area contributed by atoms with Crippen molar-refractivity contribution in [2.75, 3.05) is 7.11 Å². The number of esters is 1. The van der Waals surface area contributed by atoms with E-state index in [-0.39, 0.29) is 0 Å². The summed E-state index contributed by atoms with van der Waals surface area (Å²) in [5.41, 5.74) is 0.312. The standard InChI is InChI=1S/C15H19FO4/c1-4-15(5-2)19-12(13(20-15)14(17)18-3)10-8-6-7-9-11(10)16/h6-9,12-13H,4-5H2,1-3H3/t12-,13+/m1/s1. The van der Waals surface area contributed by atoms with E-state index in [1.807, 2.05) is 13.8 Å². The van der Waals surface area contributed by atoms with Gasteiger partial charge in [0.1, 0.15) is 11.9 Å². The zero-order valence-corrected chi connectivity index (χ0v) is 11.9. The molecule has 5 heteroatoms. The Morgan fingerprint density at radius 2 is 1.95 bits per heavy atom. The quantitative estimate of drug-likeness (QED) is 0.796. The first-order valence-electron chi connectivity index (χ1n) is 6.74. The van der Waals surface area contributed by atoms with E-state index in [9.17, 15) is 9.18 Å². The molecule has 1 heterocycles. The smallest absolute Gasteiger partial charge is 0.338 e. The number of carbonyl (C=O) groups excluding carboxylic acids is 1. The summed E-state index contributed by atoms with van der Waals surface area (Å²) >= 11 is 0. The van der Waals surface area contributed by atoms with Crippen molar-refractivity contribution in [1.82, 2.24) is 0 Å². The van der Waals surface area contributed by atoms with Gasteiger partial charge in [-0.2, -0.15) is 0 Å². The van der Waals surface area contributed by atoms with Crippen LogP contribution in [0.25, 0.3) is 0 Å². The van der Waals surface area contributed by atoms with Gasteiger partial charge in [-0.1, -0.05) is 32.0 Å². The lowest BCUT2D eigenvalue weighted by Gasteiger charge is -2.24. The maximum Gasteiger partial charge on any atom is 0.338 e. The molecule has 2 rings (SSSR count). The fourth-order valence-electron chi connectivity index (χ4n) is 2.42. The van der Waals surface area contributed by atoms with Gasteiger partial charge in [-0.3, -0.25) is 0 Å². The lowest BCUT2D eigenvalue weighted by molar-refractivity contribution is -0.187. The van der Waals surface area contributed by atoms with Gasteiger partial charge in [-0.15, -0.1) is 0 Å². The Morgan fingerprint density at radius 3 is 2.50 bits per heavy atom. The molecule has 0 N–H and O–H groups in total. The van der Waals surface area contributed by atoms with Gasteiger partial charge >= 0.3 is 5.97 Å². The molecule has 0 unspecified atom stereocenters. The normalized spacial score (nSPS) is 24.6. The van der Waals surface area contributed by atoms with Gasteiger partial charge in [0.25, 0.3) is 0 Å². The molecule has 0 aromatic heterocycles. The van der Waals surface area contributed by atoms with Crippen molar-refractivity contribution in [2.24, 2.45) is 0 Å². The van der Waals surface area contributed by atoms with E-state index in [4.69, 9.17) is 14.2 Å². The van der Waals surface area contributed by atoms with Crippen LogP contribution in [-0.4, -0.2) is 25.0 Å². The number of rotatable bonds is 4. The SMILES string of the molecule is CCC1(CC)O[C@H](C(=O)OC)[C@@H](c2ccccc2F)O1. The predicted molar refractivity (Wildman–Crippen MR) is 70.4 cm³/mol. The summed E-state index contributed by atoms with van der Waals surface area (Å²) in [6.07, 6.45) is -0.593. The molecule has 1 aliphatic rings. The van der Waals surface area contributed by atoms with E-state index in [2.05, 4.69) is 0 Å². The van der Waals surface area contributed by atoms with Crippen LogP contribution in [0.2, 0.25) is 0 Å². The zero-order valence-electron chi connectivity index (χ0n) is 11.9. The minimum absolute atomic E-state index is 0.312. The molecule has 1 aromatic carbocycles. The Morgan fingerprint density at radius 1 is 1.30 bits per heavy atom. The summed E-state index contributed by atoms with van der Waals surface area (Å²) < 4.78 is 30.3. The van der Waals surface area contributed by atoms with Crippen LogP contribution in [0.3, 0.4) is 0 Å². The molecule has 20 heavy (non-hydrogen) atoms. The van der Waals surface area contributed by atoms with Crippen LogP contribution in [0.15, 0.2) is 24.3 Å². The summed E-state index contributed by atoms with van der Waals surface area (Å²) in [7, 11) is 1.28. The number of methoxy groups -OCH3 is 1. The average molecular weight is 282 g/mol. The topological polar surface area (TPSA) is 44.8 Å². The summed E-state index contributed by atoms with van der Waals surface area (Å²) in [5.74, 6) is -1.84. The van der Waals surface area contributed by atoms with Gasteiger partial charge in [0.2, 0.25) is 0 Å². The molecule has 110 valence electrons. The molecule has 1 fully saturated rings. The van der Waals surface area contributed by atoms with Gasteiger partial charge in [-0.05, 0) is 18.9 Å². The summed E-state index contributed by atoms with van der Waals surface area (Å²) in [5, 5.41) is 0. The molecule has 0 amide bonds. The second kappa shape index (κ2) is 5.89. The van der Waals surface area contributed by atoms with Crippen LogP contribution in [0.1, 0.15) is 38.4 Å². The molecule has 0 bridgehead atoms. The van der Waals surface area contributed by atoms with Crippen LogP contribution in [-0.2, 0) is 19.0 Å². The lowest BCUT2D eigenvalue weighted by Crippen LogP contribution is -2.32. The summed E-state index contributed by atoms with van der Waals surface area (Å²) in [4.78, 5) is 11.9. The second-order valence-corrected chi connectivity index (χ2v) is 4.74. The Kier molecular flexibility index (Phi) is 4.40. The highest BCUT2D eigenvalue weighted by atomic mass is 19.1. The Balaban J connectivity index is 2.38. The van der Waals surface area contributed by atoms with Crippen molar-refractivity contribution in [3.8, 4) is 0 Å². The van der Waals surface area contributed by atoms with Gasteiger partial charge in [0, 0.05) is 5.56 Å². The molecular formula is C15H19FO4. The molecule has 1 saturated heterocycles. The monoisotopic (exact) mass is 282 g/mol. The first kappa shape index (κ1) is 14.9. The highest BCUT2D eigenvalue weighted by Gasteiger charge is 2.50. The number of ether oxygens (including phenoxy) is 3. The minimum atomic E-state index is -0.947. The van der Waals surface area contributed by atoms with Crippen molar-refractivity contribution in [3.63, 3.8) is 0 Å². The zero-order chi connectivity index (χ0) is 14.8. The molecule has 0 saturated carbocycles. The van der Waals surface area contributed by atoms with Crippen molar-refractivity contribution in [2.45, 2.75) is 44.7 Å². The lowest BCUT2D eigenvalue weighted by atomic mass is 10.0. The third kappa shape index (κ3) is 2.55. The molecule has 0 aliphatic carbocycles. The van der Waals surface area contributed by atoms with Crippen molar-refractivity contribution in [1.29, 1.82) is 0 Å². The molecular weight excluding hydrogens is 263 g/mol. The highest BCUT2D eigenvalue weighted by molar-refractivity contribution is 5.76. The van der Waals surface area contributed by atoms with Gasteiger partial charge in [-0.25, -0.2) is 9.18 Å². The molecule has 1 aliphatic heterocycles. The van der Waals surface area contributed by atoms with Crippen LogP contribution in [0, 0.1) is 5.82 Å². The van der Waals surface area contributed by atoms with Gasteiger partial charge in [0.15, 0.2) is 11.9 Å². The first-order chi connectivity index (χ1) is 9.56. The summed E-state index contributed by atoms with van der Waals surface area (Å²) in [6, 6.07) is 6.23. The number of halogens is 1. The summed E-state index contributed by atoms with van der Waals surface area (Å²) in [6.45, 7) is 3.81. The third-order valence-electron chi connectivity index (χ3n) is 3.68. The Hall–Kier alpha value is -1.46. The van der Waals surface area contributed by atoms with Gasteiger partial charge < -0.3 is 14.2 Å². The maximum absolute atomic E-state index is 14.0. The maximum atomic E-state index is 14.0. The van der Waals surface area contributed by atoms with E-state index >= 15 is 0 Å². The fraction of sp³-hybridized carbons (Fsp3) is 0.533. The van der Waals surface area contributed by atoms with E-state index in [0.29, 0.717) is 18.4 Å². The number of carbonyl (C=O) groups is 1. The molecule has 1 aromatic rings. The van der Waals surface area contributed by atoms with E-state index in [1.54, 1.807) is 18.2 Å². The number of hydrogen-bond acceptors (Lipinski definition) is 4. The van der Waals surface area contributed by atoms with Crippen LogP contribution in [0.5, 0.6) is 0 Å². The van der Waals surface area contributed by atoms with E-state index < -0.39 is 29.8 Å². The Labute approximate surface area is 117 Å². The van der Waals surface area contributed by atoms with Gasteiger partial charge in [0.05, 0.1) is 7.11 Å². The molecule has 4 nitrogen and oxygen atoms in total. The van der Waals surface area contributed by atoms with E-state index in [1.165, 1.54) is 13.2 Å². The van der Waals surface area contributed by atoms with Crippen LogP contribution in [0.4, 0.5) is 4.39 Å². The second-order valence-electron chi connectivity index (χ2n) is 4.74. The van der Waals surface area contributed by atoms with E-state index in [0.717, 1.165) is 0 Å². The van der Waals surface area contributed by atoms with Crippen molar-refractivity contribution in [3.05, 3.63) is 35.6 Å². The molecule has 0 radical (unpaired) electrons. The first-order valence-corrected chi connectivity index (χ1v) is 6.74. The minimum Gasteiger partial charge on any atom is -0.467 e. The Bertz CT molecular complexity index is 485. The largest absolute Gasteiger partial charge is 0.467 e. The number of hydrogen-bond donors (Lipinski definition) is 0. The predicted octanol–water partition coefficient (Wildman–Crippen LogP) is 2.97. The van der Waals surface area contributed by atoms with Crippen LogP contribution < -0.4 is 0 Å². The van der Waals surface area contributed by atoms with Crippen molar-refractivity contribution < 1.29 is 23.4 Å². The fourth-order valence-corrected chi connectivity index (χ4v) is 2.42. The third-order valence-corrected chi connectivity index (χ3v) is 3.68. The highest BCUT2D eigenvalue weighted by Crippen LogP contribution is 2.43.